The molecule has 1 aromatic heterocycles. The molecule has 3 rings (SSSR count). The van der Waals surface area contributed by atoms with Gasteiger partial charge in [0.1, 0.15) is 11.4 Å². The predicted molar refractivity (Wildman–Crippen MR) is 96.0 cm³/mol. The highest BCUT2D eigenvalue weighted by Gasteiger charge is 2.11. The van der Waals surface area contributed by atoms with Crippen LogP contribution < -0.4 is 15.4 Å². The highest BCUT2D eigenvalue weighted by Crippen LogP contribution is 2.16. The van der Waals surface area contributed by atoms with Crippen LogP contribution in [0.5, 0.6) is 5.75 Å². The molecule has 3 N–H and O–H groups in total. The zero-order valence-electron chi connectivity index (χ0n) is 13.8. The number of carbonyl (C=O) groups excluding carboxylic acids is 2. The largest absolute Gasteiger partial charge is 0.496 e. The fourth-order valence-electron chi connectivity index (χ4n) is 2.57. The Labute approximate surface area is 145 Å². The van der Waals surface area contributed by atoms with Crippen molar-refractivity contribution in [2.45, 2.75) is 0 Å². The summed E-state index contributed by atoms with van der Waals surface area (Å²) in [4.78, 5) is 27.4. The standard InChI is InChI=1S/C19H19N3O3/c1-25-17-9-5-3-7-14(17)18(23)20-10-11-21-19(24)16-12-13-6-2-4-8-15(13)22-16/h2-9,12,22H,10-11H2,1H3,(H,20,23)(H,21,24). The van der Waals surface area contributed by atoms with E-state index in [0.717, 1.165) is 10.9 Å². The fraction of sp³-hybridized carbons (Fsp3) is 0.158. The lowest BCUT2D eigenvalue weighted by atomic mass is 10.2. The van der Waals surface area contributed by atoms with Gasteiger partial charge in [-0.3, -0.25) is 9.59 Å². The number of aromatic nitrogens is 1. The molecule has 0 spiro atoms. The summed E-state index contributed by atoms with van der Waals surface area (Å²) in [6.07, 6.45) is 0. The van der Waals surface area contributed by atoms with Gasteiger partial charge >= 0.3 is 0 Å². The number of ether oxygens (including phenoxy) is 1. The lowest BCUT2D eigenvalue weighted by molar-refractivity contribution is 0.0924. The maximum Gasteiger partial charge on any atom is 0.267 e. The first-order valence-electron chi connectivity index (χ1n) is 7.96. The zero-order valence-corrected chi connectivity index (χ0v) is 13.8. The molecule has 1 heterocycles. The van der Waals surface area contributed by atoms with Crippen LogP contribution in [-0.4, -0.2) is 37.0 Å². The molecular formula is C19H19N3O3. The fourth-order valence-corrected chi connectivity index (χ4v) is 2.57. The molecule has 3 aromatic rings. The van der Waals surface area contributed by atoms with Crippen molar-refractivity contribution in [2.75, 3.05) is 20.2 Å². The Bertz CT molecular complexity index is 869. The number of H-pyrrole nitrogens is 1. The number of nitrogens with one attached hydrogen (secondary N) is 3. The van der Waals surface area contributed by atoms with Crippen LogP contribution in [0, 0.1) is 0 Å². The molecule has 0 saturated heterocycles. The summed E-state index contributed by atoms with van der Waals surface area (Å²) < 4.78 is 5.16. The summed E-state index contributed by atoms with van der Waals surface area (Å²) in [5, 5.41) is 6.53. The monoisotopic (exact) mass is 337 g/mol. The van der Waals surface area contributed by atoms with E-state index in [9.17, 15) is 9.59 Å². The minimum atomic E-state index is -0.239. The quantitative estimate of drug-likeness (QED) is 0.604. The summed E-state index contributed by atoms with van der Waals surface area (Å²) in [5.74, 6) is 0.0714. The third-order valence-corrected chi connectivity index (χ3v) is 3.82. The Morgan fingerprint density at radius 1 is 0.960 bits per heavy atom. The number of benzene rings is 2. The minimum Gasteiger partial charge on any atom is -0.496 e. The molecule has 0 aliphatic rings. The van der Waals surface area contributed by atoms with Gasteiger partial charge in [0.25, 0.3) is 11.8 Å². The SMILES string of the molecule is COc1ccccc1C(=O)NCCNC(=O)c1cc2ccccc2[nH]1. The number of carbonyl (C=O) groups is 2. The number of aromatic amines is 1. The molecule has 2 amide bonds. The topological polar surface area (TPSA) is 83.2 Å². The van der Waals surface area contributed by atoms with Crippen molar-refractivity contribution >= 4 is 22.7 Å². The molecule has 0 fully saturated rings. The van der Waals surface area contributed by atoms with Gasteiger partial charge in [0.05, 0.1) is 12.7 Å². The van der Waals surface area contributed by atoms with Gasteiger partial charge in [-0.05, 0) is 24.3 Å². The molecule has 6 nitrogen and oxygen atoms in total. The number of hydrogen-bond donors (Lipinski definition) is 3. The summed E-state index contributed by atoms with van der Waals surface area (Å²) >= 11 is 0. The van der Waals surface area contributed by atoms with Gasteiger partial charge in [-0.1, -0.05) is 30.3 Å². The van der Waals surface area contributed by atoms with Crippen LogP contribution in [0.15, 0.2) is 54.6 Å². The lowest BCUT2D eigenvalue weighted by Gasteiger charge is -2.09. The maximum absolute atomic E-state index is 12.2. The van der Waals surface area contributed by atoms with Crippen LogP contribution in [0.4, 0.5) is 0 Å². The number of fused-ring (bicyclic) bond motifs is 1. The minimum absolute atomic E-state index is 0.206. The van der Waals surface area contributed by atoms with E-state index in [2.05, 4.69) is 15.6 Å². The maximum atomic E-state index is 12.2. The molecule has 0 unspecified atom stereocenters. The van der Waals surface area contributed by atoms with Crippen LogP contribution in [0.1, 0.15) is 20.8 Å². The molecule has 6 heteroatoms. The van der Waals surface area contributed by atoms with Crippen LogP contribution in [0.25, 0.3) is 10.9 Å². The Morgan fingerprint density at radius 3 is 2.40 bits per heavy atom. The summed E-state index contributed by atoms with van der Waals surface area (Å²) in [7, 11) is 1.52. The second kappa shape index (κ2) is 7.53. The van der Waals surface area contributed by atoms with E-state index in [-0.39, 0.29) is 11.8 Å². The number of methoxy groups -OCH3 is 1. The molecular weight excluding hydrogens is 318 g/mol. The average Bonchev–Trinajstić information content (AvgIpc) is 3.09. The van der Waals surface area contributed by atoms with E-state index in [4.69, 9.17) is 4.74 Å². The molecule has 0 aliphatic heterocycles. The molecule has 0 saturated carbocycles. The van der Waals surface area contributed by atoms with Gasteiger partial charge in [-0.15, -0.1) is 0 Å². The Balaban J connectivity index is 1.51. The van der Waals surface area contributed by atoms with Crippen molar-refractivity contribution < 1.29 is 14.3 Å². The van der Waals surface area contributed by atoms with Crippen molar-refractivity contribution in [3.8, 4) is 5.75 Å². The van der Waals surface area contributed by atoms with Gasteiger partial charge in [-0.25, -0.2) is 0 Å². The van der Waals surface area contributed by atoms with Crippen LogP contribution in [-0.2, 0) is 0 Å². The highest BCUT2D eigenvalue weighted by atomic mass is 16.5. The first-order valence-corrected chi connectivity index (χ1v) is 7.96. The molecule has 0 radical (unpaired) electrons. The van der Waals surface area contributed by atoms with Gasteiger partial charge < -0.3 is 20.4 Å². The van der Waals surface area contributed by atoms with Gasteiger partial charge in [0.15, 0.2) is 0 Å². The van der Waals surface area contributed by atoms with Crippen molar-refractivity contribution in [1.82, 2.24) is 15.6 Å². The van der Waals surface area contributed by atoms with E-state index in [1.54, 1.807) is 30.3 Å². The van der Waals surface area contributed by atoms with Crippen molar-refractivity contribution in [3.63, 3.8) is 0 Å². The number of hydrogen-bond acceptors (Lipinski definition) is 3. The predicted octanol–water partition coefficient (Wildman–Crippen LogP) is 2.34. The van der Waals surface area contributed by atoms with E-state index in [1.807, 2.05) is 24.3 Å². The molecule has 0 aliphatic carbocycles. The average molecular weight is 337 g/mol. The summed E-state index contributed by atoms with van der Waals surface area (Å²) in [6.45, 7) is 0.651. The van der Waals surface area contributed by atoms with Crippen molar-refractivity contribution in [1.29, 1.82) is 0 Å². The van der Waals surface area contributed by atoms with E-state index in [1.165, 1.54) is 7.11 Å². The molecule has 2 aromatic carbocycles. The van der Waals surface area contributed by atoms with Crippen LogP contribution in [0.2, 0.25) is 0 Å². The van der Waals surface area contributed by atoms with Crippen LogP contribution in [0.3, 0.4) is 0 Å². The van der Waals surface area contributed by atoms with Crippen molar-refractivity contribution in [3.05, 3.63) is 65.9 Å². The van der Waals surface area contributed by atoms with Crippen molar-refractivity contribution in [2.24, 2.45) is 0 Å². The van der Waals surface area contributed by atoms with Gasteiger partial charge in [0.2, 0.25) is 0 Å². The smallest absolute Gasteiger partial charge is 0.267 e. The molecule has 25 heavy (non-hydrogen) atoms. The van der Waals surface area contributed by atoms with E-state index in [0.29, 0.717) is 30.1 Å². The first-order chi connectivity index (χ1) is 12.2. The Hall–Kier alpha value is -3.28. The van der Waals surface area contributed by atoms with E-state index >= 15 is 0 Å². The first kappa shape index (κ1) is 16.6. The van der Waals surface area contributed by atoms with Gasteiger partial charge in [0, 0.05) is 24.0 Å². The molecule has 128 valence electrons. The normalized spacial score (nSPS) is 10.4. The zero-order chi connectivity index (χ0) is 17.6. The third kappa shape index (κ3) is 3.80. The van der Waals surface area contributed by atoms with Crippen LogP contribution >= 0.6 is 0 Å². The summed E-state index contributed by atoms with van der Waals surface area (Å²) in [6, 6.07) is 16.5. The second-order valence-electron chi connectivity index (χ2n) is 5.48. The molecule has 0 bridgehead atoms. The summed E-state index contributed by atoms with van der Waals surface area (Å²) in [5.41, 5.74) is 1.88. The highest BCUT2D eigenvalue weighted by molar-refractivity contribution is 5.98. The molecule has 0 atom stereocenters. The number of amides is 2. The van der Waals surface area contributed by atoms with Gasteiger partial charge in [-0.2, -0.15) is 0 Å². The number of rotatable bonds is 6. The lowest BCUT2D eigenvalue weighted by Crippen LogP contribution is -2.34. The Morgan fingerprint density at radius 2 is 1.64 bits per heavy atom. The Kier molecular flexibility index (Phi) is 4.99. The third-order valence-electron chi connectivity index (χ3n) is 3.82. The second-order valence-corrected chi connectivity index (χ2v) is 5.48. The van der Waals surface area contributed by atoms with E-state index < -0.39 is 0 Å². The number of para-hydroxylation sites is 2.